The predicted octanol–water partition coefficient (Wildman–Crippen LogP) is 3.87. The van der Waals surface area contributed by atoms with Crippen molar-refractivity contribution < 1.29 is 0 Å². The average Bonchev–Trinajstić information content (AvgIpc) is 2.00. The second-order valence-corrected chi connectivity index (χ2v) is 2.99. The number of hydrogen-bond donors (Lipinski definition) is 0. The maximum absolute atomic E-state index is 3.98. The SMILES string of the molecule is C=C(C)/C(C)=C(/C)C(=C)CC. The molecule has 0 N–H and O–H groups in total. The Hall–Kier alpha value is -0.780. The Labute approximate surface area is 70.3 Å². The van der Waals surface area contributed by atoms with Crippen LogP contribution in [-0.4, -0.2) is 0 Å². The van der Waals surface area contributed by atoms with Crippen molar-refractivity contribution in [2.75, 3.05) is 0 Å². The van der Waals surface area contributed by atoms with Crippen molar-refractivity contribution in [3.05, 3.63) is 35.5 Å². The maximum atomic E-state index is 3.98. The van der Waals surface area contributed by atoms with Crippen LogP contribution in [0.15, 0.2) is 35.5 Å². The summed E-state index contributed by atoms with van der Waals surface area (Å²) in [6, 6.07) is 0. The fraction of sp³-hybridized carbons (Fsp3) is 0.455. The number of hydrogen-bond acceptors (Lipinski definition) is 0. The van der Waals surface area contributed by atoms with Gasteiger partial charge in [0.2, 0.25) is 0 Å². The van der Waals surface area contributed by atoms with Gasteiger partial charge in [-0.3, -0.25) is 0 Å². The van der Waals surface area contributed by atoms with Crippen LogP contribution < -0.4 is 0 Å². The van der Waals surface area contributed by atoms with Gasteiger partial charge in [0, 0.05) is 0 Å². The van der Waals surface area contributed by atoms with Crippen molar-refractivity contribution in [2.45, 2.75) is 34.1 Å². The number of rotatable bonds is 3. The molecule has 0 spiro atoms. The molecule has 0 unspecified atom stereocenters. The second-order valence-electron chi connectivity index (χ2n) is 2.99. The van der Waals surface area contributed by atoms with E-state index in [-0.39, 0.29) is 0 Å². The fourth-order valence-electron chi connectivity index (χ4n) is 0.850. The molecule has 0 rings (SSSR count). The lowest BCUT2D eigenvalue weighted by atomic mass is 9.98. The molecule has 0 aromatic heterocycles. The van der Waals surface area contributed by atoms with Gasteiger partial charge in [-0.2, -0.15) is 0 Å². The van der Waals surface area contributed by atoms with E-state index in [0.717, 1.165) is 12.0 Å². The third kappa shape index (κ3) is 2.75. The van der Waals surface area contributed by atoms with E-state index in [1.165, 1.54) is 16.7 Å². The van der Waals surface area contributed by atoms with Crippen LogP contribution in [0.25, 0.3) is 0 Å². The summed E-state index contributed by atoms with van der Waals surface area (Å²) < 4.78 is 0. The lowest BCUT2D eigenvalue weighted by Gasteiger charge is -2.08. The molecule has 0 aromatic carbocycles. The van der Waals surface area contributed by atoms with Crippen molar-refractivity contribution >= 4 is 0 Å². The molecule has 11 heavy (non-hydrogen) atoms. The molecule has 0 aromatic rings. The van der Waals surface area contributed by atoms with E-state index < -0.39 is 0 Å². The first kappa shape index (κ1) is 10.2. The van der Waals surface area contributed by atoms with Crippen molar-refractivity contribution in [3.8, 4) is 0 Å². The minimum atomic E-state index is 1.02. The smallest absolute Gasteiger partial charge is 0.0311 e. The van der Waals surface area contributed by atoms with Gasteiger partial charge in [-0.25, -0.2) is 0 Å². The topological polar surface area (TPSA) is 0 Å². The summed E-state index contributed by atoms with van der Waals surface area (Å²) >= 11 is 0. The quantitative estimate of drug-likeness (QED) is 0.536. The lowest BCUT2D eigenvalue weighted by molar-refractivity contribution is 1.09. The minimum absolute atomic E-state index is 1.02. The van der Waals surface area contributed by atoms with Gasteiger partial charge in [0.25, 0.3) is 0 Å². The largest absolute Gasteiger partial charge is 0.0958 e. The highest BCUT2D eigenvalue weighted by Gasteiger charge is 1.99. The van der Waals surface area contributed by atoms with E-state index >= 15 is 0 Å². The van der Waals surface area contributed by atoms with Crippen LogP contribution in [0.4, 0.5) is 0 Å². The van der Waals surface area contributed by atoms with Crippen molar-refractivity contribution in [3.63, 3.8) is 0 Å². The predicted molar refractivity (Wildman–Crippen MR) is 52.6 cm³/mol. The van der Waals surface area contributed by atoms with Gasteiger partial charge in [0.05, 0.1) is 0 Å². The molecule has 0 heteroatoms. The van der Waals surface area contributed by atoms with E-state index in [9.17, 15) is 0 Å². The van der Waals surface area contributed by atoms with Gasteiger partial charge in [-0.05, 0) is 38.3 Å². The highest BCUT2D eigenvalue weighted by Crippen LogP contribution is 2.19. The Kier molecular flexibility index (Phi) is 3.88. The van der Waals surface area contributed by atoms with Gasteiger partial charge >= 0.3 is 0 Å². The first-order chi connectivity index (χ1) is 5.00. The molecule has 0 nitrogen and oxygen atoms in total. The molecular weight excluding hydrogens is 132 g/mol. The summed E-state index contributed by atoms with van der Waals surface area (Å²) in [5.74, 6) is 0. The van der Waals surface area contributed by atoms with Crippen LogP contribution in [0.3, 0.4) is 0 Å². The summed E-state index contributed by atoms with van der Waals surface area (Å²) in [5, 5.41) is 0. The van der Waals surface area contributed by atoms with Gasteiger partial charge in [0.1, 0.15) is 0 Å². The zero-order valence-corrected chi connectivity index (χ0v) is 8.12. The van der Waals surface area contributed by atoms with Crippen LogP contribution in [-0.2, 0) is 0 Å². The molecule has 0 fully saturated rings. The minimum Gasteiger partial charge on any atom is -0.0958 e. The Bertz CT molecular complexity index is 204. The maximum Gasteiger partial charge on any atom is -0.0311 e. The molecule has 0 heterocycles. The Balaban J connectivity index is 4.66. The summed E-state index contributed by atoms with van der Waals surface area (Å²) in [5.41, 5.74) is 4.92. The van der Waals surface area contributed by atoms with E-state index in [1.54, 1.807) is 0 Å². The molecule has 0 aliphatic rings. The average molecular weight is 150 g/mol. The molecule has 0 saturated heterocycles. The molecule has 0 amide bonds. The molecule has 62 valence electrons. The van der Waals surface area contributed by atoms with Gasteiger partial charge in [-0.1, -0.05) is 31.2 Å². The molecule has 0 radical (unpaired) electrons. The third-order valence-corrected chi connectivity index (χ3v) is 2.16. The zero-order valence-electron chi connectivity index (χ0n) is 8.12. The molecule has 0 aliphatic heterocycles. The van der Waals surface area contributed by atoms with Crippen LogP contribution in [0.2, 0.25) is 0 Å². The van der Waals surface area contributed by atoms with E-state index in [4.69, 9.17) is 0 Å². The summed E-state index contributed by atoms with van der Waals surface area (Å²) in [4.78, 5) is 0. The Morgan fingerprint density at radius 3 is 1.73 bits per heavy atom. The standard InChI is InChI=1S/C11H18/c1-7-9(4)11(6)10(5)8(2)3/h2,4,7H2,1,3,5-6H3/b11-10-. The van der Waals surface area contributed by atoms with E-state index in [1.807, 2.05) is 6.92 Å². The monoisotopic (exact) mass is 150 g/mol. The van der Waals surface area contributed by atoms with Crippen LogP contribution in [0.5, 0.6) is 0 Å². The second kappa shape index (κ2) is 4.17. The normalized spacial score (nSPS) is 12.4. The van der Waals surface area contributed by atoms with Crippen molar-refractivity contribution in [2.24, 2.45) is 0 Å². The van der Waals surface area contributed by atoms with Crippen molar-refractivity contribution in [1.82, 2.24) is 0 Å². The first-order valence-corrected chi connectivity index (χ1v) is 4.02. The molecular formula is C11H18. The highest BCUT2D eigenvalue weighted by molar-refractivity contribution is 5.39. The van der Waals surface area contributed by atoms with Crippen molar-refractivity contribution in [1.29, 1.82) is 0 Å². The molecule has 0 aliphatic carbocycles. The van der Waals surface area contributed by atoms with Gasteiger partial charge in [0.15, 0.2) is 0 Å². The molecule has 0 saturated carbocycles. The van der Waals surface area contributed by atoms with Gasteiger partial charge < -0.3 is 0 Å². The van der Waals surface area contributed by atoms with E-state index in [2.05, 4.69) is 33.9 Å². The Morgan fingerprint density at radius 2 is 1.45 bits per heavy atom. The summed E-state index contributed by atoms with van der Waals surface area (Å²) in [7, 11) is 0. The number of allylic oxidation sites excluding steroid dienone is 4. The molecule has 0 bridgehead atoms. The Morgan fingerprint density at radius 1 is 1.00 bits per heavy atom. The summed E-state index contributed by atoms with van der Waals surface area (Å²) in [6.07, 6.45) is 1.02. The van der Waals surface area contributed by atoms with Gasteiger partial charge in [-0.15, -0.1) is 0 Å². The highest BCUT2D eigenvalue weighted by atomic mass is 14.0. The lowest BCUT2D eigenvalue weighted by Crippen LogP contribution is -1.88. The molecule has 0 atom stereocenters. The summed E-state index contributed by atoms with van der Waals surface area (Å²) in [6.45, 7) is 16.2. The van der Waals surface area contributed by atoms with Crippen LogP contribution in [0.1, 0.15) is 34.1 Å². The third-order valence-electron chi connectivity index (χ3n) is 2.16. The first-order valence-electron chi connectivity index (χ1n) is 4.02. The van der Waals surface area contributed by atoms with Crippen LogP contribution >= 0.6 is 0 Å². The fourth-order valence-corrected chi connectivity index (χ4v) is 0.850. The van der Waals surface area contributed by atoms with Crippen LogP contribution in [0, 0.1) is 0 Å². The zero-order chi connectivity index (χ0) is 9.02. The van der Waals surface area contributed by atoms with E-state index in [0.29, 0.717) is 0 Å².